The number of rotatable bonds is 4. The predicted molar refractivity (Wildman–Crippen MR) is 78.1 cm³/mol. The van der Waals surface area contributed by atoms with Gasteiger partial charge in [-0.25, -0.2) is 0 Å². The maximum Gasteiger partial charge on any atom is 0.180 e. The fourth-order valence-corrected chi connectivity index (χ4v) is 1.85. The number of hydrogen-bond donors (Lipinski definition) is 0. The zero-order chi connectivity index (χ0) is 13.8. The summed E-state index contributed by atoms with van der Waals surface area (Å²) in [6, 6.07) is 12.0. The standard InChI is InChI=1S/C16H18N2O/c1-4-16(19)15-10-9-14(11-17-15)18(3)13-7-5-12(2)6-8-13/h5-11H,4H2,1-3H3. The first-order valence-corrected chi connectivity index (χ1v) is 6.41. The van der Waals surface area contributed by atoms with Gasteiger partial charge in [-0.2, -0.15) is 0 Å². The van der Waals surface area contributed by atoms with Gasteiger partial charge in [0.15, 0.2) is 5.78 Å². The highest BCUT2D eigenvalue weighted by Crippen LogP contribution is 2.23. The van der Waals surface area contributed by atoms with Crippen molar-refractivity contribution in [3.63, 3.8) is 0 Å². The molecule has 0 spiro atoms. The number of benzene rings is 1. The molecule has 0 amide bonds. The summed E-state index contributed by atoms with van der Waals surface area (Å²) in [6.07, 6.45) is 2.23. The van der Waals surface area contributed by atoms with Gasteiger partial charge in [-0.15, -0.1) is 0 Å². The van der Waals surface area contributed by atoms with Crippen molar-refractivity contribution in [1.82, 2.24) is 4.98 Å². The van der Waals surface area contributed by atoms with E-state index in [0.717, 1.165) is 11.4 Å². The molecule has 3 nitrogen and oxygen atoms in total. The minimum Gasteiger partial charge on any atom is -0.343 e. The molecule has 0 bridgehead atoms. The van der Waals surface area contributed by atoms with Crippen LogP contribution in [0.15, 0.2) is 42.6 Å². The summed E-state index contributed by atoms with van der Waals surface area (Å²) >= 11 is 0. The maximum atomic E-state index is 11.5. The Kier molecular flexibility index (Phi) is 3.95. The number of aromatic nitrogens is 1. The number of pyridine rings is 1. The Morgan fingerprint density at radius 1 is 1.11 bits per heavy atom. The lowest BCUT2D eigenvalue weighted by Crippen LogP contribution is -2.10. The highest BCUT2D eigenvalue weighted by atomic mass is 16.1. The Morgan fingerprint density at radius 3 is 2.26 bits per heavy atom. The van der Waals surface area contributed by atoms with Crippen LogP contribution in [0.25, 0.3) is 0 Å². The molecule has 19 heavy (non-hydrogen) atoms. The molecule has 2 rings (SSSR count). The quantitative estimate of drug-likeness (QED) is 0.779. The lowest BCUT2D eigenvalue weighted by atomic mass is 10.2. The number of nitrogens with zero attached hydrogens (tertiary/aromatic N) is 2. The first-order chi connectivity index (χ1) is 9.11. The summed E-state index contributed by atoms with van der Waals surface area (Å²) in [5.74, 6) is 0.0736. The van der Waals surface area contributed by atoms with Crippen LogP contribution in [0.5, 0.6) is 0 Å². The molecule has 3 heteroatoms. The summed E-state index contributed by atoms with van der Waals surface area (Å²) in [5.41, 5.74) is 3.83. The molecular weight excluding hydrogens is 236 g/mol. The van der Waals surface area contributed by atoms with E-state index in [4.69, 9.17) is 0 Å². The van der Waals surface area contributed by atoms with Gasteiger partial charge in [-0.1, -0.05) is 24.6 Å². The van der Waals surface area contributed by atoms with Gasteiger partial charge >= 0.3 is 0 Å². The van der Waals surface area contributed by atoms with Gasteiger partial charge in [0.25, 0.3) is 0 Å². The Hall–Kier alpha value is -2.16. The molecule has 0 saturated carbocycles. The molecule has 1 heterocycles. The third-order valence-corrected chi connectivity index (χ3v) is 3.16. The first kappa shape index (κ1) is 13.3. The number of anilines is 2. The summed E-state index contributed by atoms with van der Waals surface area (Å²) in [7, 11) is 1.99. The molecule has 0 fully saturated rings. The SMILES string of the molecule is CCC(=O)c1ccc(N(C)c2ccc(C)cc2)cn1. The third kappa shape index (κ3) is 2.99. The molecule has 0 aliphatic heterocycles. The van der Waals surface area contributed by atoms with Crippen LogP contribution >= 0.6 is 0 Å². The van der Waals surface area contributed by atoms with Crippen molar-refractivity contribution in [2.75, 3.05) is 11.9 Å². The van der Waals surface area contributed by atoms with E-state index >= 15 is 0 Å². The summed E-state index contributed by atoms with van der Waals surface area (Å²) in [5, 5.41) is 0. The highest BCUT2D eigenvalue weighted by Gasteiger charge is 2.07. The van der Waals surface area contributed by atoms with Crippen molar-refractivity contribution >= 4 is 17.2 Å². The van der Waals surface area contributed by atoms with Crippen molar-refractivity contribution in [2.45, 2.75) is 20.3 Å². The van der Waals surface area contributed by atoms with Crippen molar-refractivity contribution < 1.29 is 4.79 Å². The third-order valence-electron chi connectivity index (χ3n) is 3.16. The fourth-order valence-electron chi connectivity index (χ4n) is 1.85. The van der Waals surface area contributed by atoms with Crippen molar-refractivity contribution in [3.05, 3.63) is 53.9 Å². The number of hydrogen-bond acceptors (Lipinski definition) is 3. The molecule has 0 atom stereocenters. The Labute approximate surface area is 113 Å². The molecular formula is C16H18N2O. The van der Waals surface area contributed by atoms with Crippen LogP contribution in [-0.2, 0) is 0 Å². The van der Waals surface area contributed by atoms with Crippen molar-refractivity contribution in [3.8, 4) is 0 Å². The molecule has 2 aromatic rings. The van der Waals surface area contributed by atoms with E-state index < -0.39 is 0 Å². The van der Waals surface area contributed by atoms with Gasteiger partial charge in [0.05, 0.1) is 11.9 Å². The molecule has 1 aromatic heterocycles. The summed E-state index contributed by atoms with van der Waals surface area (Å²) in [4.78, 5) is 17.8. The first-order valence-electron chi connectivity index (χ1n) is 6.41. The Balaban J connectivity index is 2.22. The van der Waals surface area contributed by atoms with Crippen molar-refractivity contribution in [2.24, 2.45) is 0 Å². The van der Waals surface area contributed by atoms with Crippen LogP contribution in [-0.4, -0.2) is 17.8 Å². The smallest absolute Gasteiger partial charge is 0.180 e. The minimum absolute atomic E-state index is 0.0736. The normalized spacial score (nSPS) is 10.3. The van der Waals surface area contributed by atoms with E-state index in [9.17, 15) is 4.79 Å². The average molecular weight is 254 g/mol. The zero-order valence-electron chi connectivity index (χ0n) is 11.6. The van der Waals surface area contributed by atoms with Crippen LogP contribution in [0.1, 0.15) is 29.4 Å². The van der Waals surface area contributed by atoms with Gasteiger partial charge in [-0.3, -0.25) is 9.78 Å². The van der Waals surface area contributed by atoms with Gasteiger partial charge in [0.2, 0.25) is 0 Å². The molecule has 1 aromatic carbocycles. The number of carbonyl (C=O) groups excluding carboxylic acids is 1. The minimum atomic E-state index is 0.0736. The van der Waals surface area contributed by atoms with Gasteiger partial charge < -0.3 is 4.90 Å². The van der Waals surface area contributed by atoms with Crippen LogP contribution < -0.4 is 4.90 Å². The Morgan fingerprint density at radius 2 is 1.74 bits per heavy atom. The number of aryl methyl sites for hydroxylation is 1. The maximum absolute atomic E-state index is 11.5. The summed E-state index contributed by atoms with van der Waals surface area (Å²) < 4.78 is 0. The zero-order valence-corrected chi connectivity index (χ0v) is 11.6. The molecule has 0 radical (unpaired) electrons. The fraction of sp³-hybridized carbons (Fsp3) is 0.250. The van der Waals surface area contributed by atoms with Gasteiger partial charge in [0.1, 0.15) is 5.69 Å². The predicted octanol–water partition coefficient (Wildman–Crippen LogP) is 3.75. The highest BCUT2D eigenvalue weighted by molar-refractivity contribution is 5.94. The molecule has 0 unspecified atom stereocenters. The van der Waals surface area contributed by atoms with Crippen LogP contribution in [0, 0.1) is 6.92 Å². The molecule has 98 valence electrons. The van der Waals surface area contributed by atoms with Gasteiger partial charge in [0, 0.05) is 19.2 Å². The van der Waals surface area contributed by atoms with Crippen LogP contribution in [0.4, 0.5) is 11.4 Å². The lowest BCUT2D eigenvalue weighted by Gasteiger charge is -2.19. The molecule has 0 aliphatic rings. The van der Waals surface area contributed by atoms with Gasteiger partial charge in [-0.05, 0) is 31.2 Å². The van der Waals surface area contributed by atoms with E-state index in [2.05, 4.69) is 36.2 Å². The van der Waals surface area contributed by atoms with E-state index in [-0.39, 0.29) is 5.78 Å². The van der Waals surface area contributed by atoms with Crippen molar-refractivity contribution in [1.29, 1.82) is 0 Å². The number of ketones is 1. The van der Waals surface area contributed by atoms with Crippen LogP contribution in [0.3, 0.4) is 0 Å². The second-order valence-corrected chi connectivity index (χ2v) is 4.57. The summed E-state index contributed by atoms with van der Waals surface area (Å²) in [6.45, 7) is 3.91. The lowest BCUT2D eigenvalue weighted by molar-refractivity contribution is 0.0983. The van der Waals surface area contributed by atoms with E-state index in [1.165, 1.54) is 5.56 Å². The average Bonchev–Trinajstić information content (AvgIpc) is 2.46. The van der Waals surface area contributed by atoms with E-state index in [1.54, 1.807) is 12.3 Å². The van der Waals surface area contributed by atoms with E-state index in [0.29, 0.717) is 12.1 Å². The second-order valence-electron chi connectivity index (χ2n) is 4.57. The molecule has 0 aliphatic carbocycles. The number of carbonyl (C=O) groups is 1. The topological polar surface area (TPSA) is 33.2 Å². The van der Waals surface area contributed by atoms with Crippen LogP contribution in [0.2, 0.25) is 0 Å². The second kappa shape index (κ2) is 5.65. The largest absolute Gasteiger partial charge is 0.343 e. The van der Waals surface area contributed by atoms with E-state index in [1.807, 2.05) is 24.9 Å². The number of Topliss-reactive ketones (excluding diaryl/α,β-unsaturated/α-hetero) is 1. The molecule has 0 N–H and O–H groups in total. The monoisotopic (exact) mass is 254 g/mol. The molecule has 0 saturated heterocycles. The Bertz CT molecular complexity index is 558.